The number of thioether (sulfide) groups is 1. The lowest BCUT2D eigenvalue weighted by atomic mass is 9.99. The van der Waals surface area contributed by atoms with Crippen LogP contribution in [0.5, 0.6) is 5.88 Å². The summed E-state index contributed by atoms with van der Waals surface area (Å²) in [5, 5.41) is 2.78. The van der Waals surface area contributed by atoms with E-state index < -0.39 is 35.3 Å². The second-order valence-corrected chi connectivity index (χ2v) is 9.93. The Morgan fingerprint density at radius 3 is 2.71 bits per heavy atom. The van der Waals surface area contributed by atoms with E-state index in [0.717, 1.165) is 6.07 Å². The van der Waals surface area contributed by atoms with E-state index in [1.807, 2.05) is 0 Å². The standard InChI is InChI=1S/C24H23F4N7O2S/c1-12(21-32-6-7-36-21)37-17-11-33-19-16(35-17)4-5-31-20(19)34-14-8-13(18(26)15(25)9-14)10-24(2,22(27)28)38-23(29)30-3/h4-9,11-12,22H,10H2,1-3H3,(H2,29,30)(H,31,34)/t12-,24-/m1/s1. The molecule has 200 valence electrons. The van der Waals surface area contributed by atoms with Gasteiger partial charge in [0.05, 0.1) is 22.7 Å². The Morgan fingerprint density at radius 1 is 1.24 bits per heavy atom. The van der Waals surface area contributed by atoms with Crippen molar-refractivity contribution in [2.24, 2.45) is 10.7 Å². The van der Waals surface area contributed by atoms with Crippen molar-refractivity contribution in [3.05, 3.63) is 66.1 Å². The summed E-state index contributed by atoms with van der Waals surface area (Å²) in [6, 6.07) is 3.73. The van der Waals surface area contributed by atoms with Crippen molar-refractivity contribution in [3.63, 3.8) is 0 Å². The number of ether oxygens (including phenoxy) is 1. The van der Waals surface area contributed by atoms with E-state index in [1.54, 1.807) is 13.0 Å². The molecule has 3 N–H and O–H groups in total. The predicted molar refractivity (Wildman–Crippen MR) is 136 cm³/mol. The molecular weight excluding hydrogens is 526 g/mol. The third-order valence-electron chi connectivity index (χ3n) is 5.46. The van der Waals surface area contributed by atoms with Gasteiger partial charge in [0.25, 0.3) is 6.43 Å². The first-order valence-corrected chi connectivity index (χ1v) is 12.0. The highest BCUT2D eigenvalue weighted by Gasteiger charge is 2.38. The second-order valence-electron chi connectivity index (χ2n) is 8.38. The molecule has 38 heavy (non-hydrogen) atoms. The van der Waals surface area contributed by atoms with Crippen LogP contribution in [-0.4, -0.2) is 43.3 Å². The number of hydrogen-bond acceptors (Lipinski definition) is 9. The van der Waals surface area contributed by atoms with Crippen LogP contribution in [0.15, 0.2) is 52.5 Å². The summed E-state index contributed by atoms with van der Waals surface area (Å²) in [7, 11) is 1.35. The first-order valence-electron chi connectivity index (χ1n) is 11.2. The molecule has 0 aliphatic heterocycles. The number of anilines is 2. The number of aliphatic imine (C=N–C) groups is 1. The lowest BCUT2D eigenvalue weighted by molar-refractivity contribution is 0.106. The summed E-state index contributed by atoms with van der Waals surface area (Å²) in [5.74, 6) is -1.69. The smallest absolute Gasteiger partial charge is 0.253 e. The lowest BCUT2D eigenvalue weighted by Crippen LogP contribution is -2.36. The molecule has 14 heteroatoms. The van der Waals surface area contributed by atoms with Gasteiger partial charge in [-0.3, -0.25) is 4.99 Å². The molecular formula is C24H23F4N7O2S. The Balaban J connectivity index is 1.61. The summed E-state index contributed by atoms with van der Waals surface area (Å²) in [5.41, 5.74) is 6.15. The van der Waals surface area contributed by atoms with Crippen LogP contribution in [0, 0.1) is 11.6 Å². The quantitative estimate of drug-likeness (QED) is 0.160. The minimum Gasteiger partial charge on any atom is -0.464 e. The number of nitrogens with two attached hydrogens (primary N) is 1. The second kappa shape index (κ2) is 11.2. The largest absolute Gasteiger partial charge is 0.464 e. The van der Waals surface area contributed by atoms with Gasteiger partial charge in [-0.15, -0.1) is 0 Å². The molecule has 0 aliphatic carbocycles. The molecule has 0 amide bonds. The summed E-state index contributed by atoms with van der Waals surface area (Å²) in [6.07, 6.45) is 1.80. The predicted octanol–water partition coefficient (Wildman–Crippen LogP) is 5.42. The number of hydrogen-bond donors (Lipinski definition) is 2. The third kappa shape index (κ3) is 5.96. The summed E-state index contributed by atoms with van der Waals surface area (Å²) in [4.78, 5) is 20.7. The van der Waals surface area contributed by atoms with Crippen LogP contribution < -0.4 is 15.8 Å². The average Bonchev–Trinajstić information content (AvgIpc) is 3.42. The number of rotatable bonds is 9. The molecule has 0 saturated heterocycles. The average molecular weight is 550 g/mol. The van der Waals surface area contributed by atoms with E-state index in [1.165, 1.54) is 44.9 Å². The first kappa shape index (κ1) is 27.1. The SMILES string of the molecule is C/N=C(/N)S[C@](C)(Cc1cc(Nc2nccc3nc(O[C@H](C)c4ncco4)cnc23)cc(F)c1F)C(F)F. The maximum Gasteiger partial charge on any atom is 0.253 e. The van der Waals surface area contributed by atoms with E-state index in [4.69, 9.17) is 14.9 Å². The molecule has 4 rings (SSSR count). The first-order chi connectivity index (χ1) is 18.1. The number of oxazole rings is 1. The Morgan fingerprint density at radius 2 is 2.03 bits per heavy atom. The summed E-state index contributed by atoms with van der Waals surface area (Å²) in [6.45, 7) is 2.95. The van der Waals surface area contributed by atoms with Gasteiger partial charge in [0.2, 0.25) is 11.8 Å². The van der Waals surface area contributed by atoms with Gasteiger partial charge in [0.15, 0.2) is 28.7 Å². The Kier molecular flexibility index (Phi) is 7.99. The monoisotopic (exact) mass is 549 g/mol. The zero-order valence-electron chi connectivity index (χ0n) is 20.5. The molecule has 0 saturated carbocycles. The van der Waals surface area contributed by atoms with Gasteiger partial charge in [0, 0.05) is 25.0 Å². The number of aromatic nitrogens is 4. The number of halogens is 4. The maximum atomic E-state index is 14.7. The fourth-order valence-corrected chi connectivity index (χ4v) is 4.43. The van der Waals surface area contributed by atoms with E-state index in [9.17, 15) is 17.6 Å². The molecule has 0 aliphatic rings. The van der Waals surface area contributed by atoms with Crippen LogP contribution in [0.1, 0.15) is 31.4 Å². The third-order valence-corrected chi connectivity index (χ3v) is 6.64. The van der Waals surface area contributed by atoms with Crippen molar-refractivity contribution in [2.45, 2.75) is 37.5 Å². The Labute approximate surface area is 219 Å². The van der Waals surface area contributed by atoms with Crippen molar-refractivity contribution in [3.8, 4) is 5.88 Å². The number of nitrogens with one attached hydrogen (secondary N) is 1. The van der Waals surface area contributed by atoms with Gasteiger partial charge in [-0.1, -0.05) is 11.8 Å². The minimum atomic E-state index is -2.90. The number of benzene rings is 1. The number of fused-ring (bicyclic) bond motifs is 1. The van der Waals surface area contributed by atoms with E-state index in [0.29, 0.717) is 28.7 Å². The zero-order valence-corrected chi connectivity index (χ0v) is 21.3. The van der Waals surface area contributed by atoms with Crippen LogP contribution in [0.2, 0.25) is 0 Å². The number of alkyl halides is 2. The summed E-state index contributed by atoms with van der Waals surface area (Å²) < 4.78 is 66.1. The molecule has 1 aromatic carbocycles. The van der Waals surface area contributed by atoms with Crippen molar-refractivity contribution in [1.29, 1.82) is 0 Å². The van der Waals surface area contributed by atoms with Crippen LogP contribution in [0.4, 0.5) is 29.1 Å². The highest BCUT2D eigenvalue weighted by molar-refractivity contribution is 8.15. The number of amidine groups is 1. The molecule has 4 aromatic rings. The molecule has 0 radical (unpaired) electrons. The van der Waals surface area contributed by atoms with Crippen LogP contribution >= 0.6 is 11.8 Å². The molecule has 9 nitrogen and oxygen atoms in total. The Bertz CT molecular complexity index is 1460. The molecule has 0 bridgehead atoms. The van der Waals surface area contributed by atoms with E-state index in [-0.39, 0.29) is 28.1 Å². The molecule has 0 spiro atoms. The van der Waals surface area contributed by atoms with Gasteiger partial charge in [-0.25, -0.2) is 37.5 Å². The molecule has 3 heterocycles. The lowest BCUT2D eigenvalue weighted by Gasteiger charge is -2.28. The van der Waals surface area contributed by atoms with E-state index >= 15 is 0 Å². The topological polar surface area (TPSA) is 124 Å². The molecule has 0 unspecified atom stereocenters. The fraction of sp³-hybridized carbons (Fsp3) is 0.292. The maximum absolute atomic E-state index is 14.7. The van der Waals surface area contributed by atoms with Crippen LogP contribution in [-0.2, 0) is 6.42 Å². The normalized spacial score (nSPS) is 14.5. The minimum absolute atomic E-state index is 0.0808. The van der Waals surface area contributed by atoms with Gasteiger partial charge in [0.1, 0.15) is 11.8 Å². The van der Waals surface area contributed by atoms with Gasteiger partial charge < -0.3 is 20.2 Å². The summed E-state index contributed by atoms with van der Waals surface area (Å²) >= 11 is 0.597. The van der Waals surface area contributed by atoms with Gasteiger partial charge in [-0.05, 0) is 38.0 Å². The fourth-order valence-electron chi connectivity index (χ4n) is 3.55. The van der Waals surface area contributed by atoms with Crippen molar-refractivity contribution < 1.29 is 26.7 Å². The zero-order chi connectivity index (χ0) is 27.4. The Hall–Kier alpha value is -3.94. The van der Waals surface area contributed by atoms with Gasteiger partial charge >= 0.3 is 0 Å². The molecule has 2 atom stereocenters. The number of pyridine rings is 1. The molecule has 0 fully saturated rings. The van der Waals surface area contributed by atoms with Gasteiger partial charge in [-0.2, -0.15) is 0 Å². The highest BCUT2D eigenvalue weighted by Crippen LogP contribution is 2.37. The van der Waals surface area contributed by atoms with E-state index in [2.05, 4.69) is 30.2 Å². The van der Waals surface area contributed by atoms with Crippen molar-refractivity contribution in [1.82, 2.24) is 19.9 Å². The number of nitrogens with zero attached hydrogens (tertiary/aromatic N) is 5. The van der Waals surface area contributed by atoms with Crippen LogP contribution in [0.3, 0.4) is 0 Å². The highest BCUT2D eigenvalue weighted by atomic mass is 32.2. The van der Waals surface area contributed by atoms with Crippen molar-refractivity contribution in [2.75, 3.05) is 12.4 Å². The van der Waals surface area contributed by atoms with Crippen LogP contribution in [0.25, 0.3) is 11.0 Å². The molecule has 3 aromatic heterocycles. The van der Waals surface area contributed by atoms with Crippen molar-refractivity contribution >= 4 is 39.5 Å².